The Labute approximate surface area is 119 Å². The van der Waals surface area contributed by atoms with Crippen molar-refractivity contribution in [2.75, 3.05) is 5.32 Å². The molecule has 2 aromatic heterocycles. The third-order valence-electron chi connectivity index (χ3n) is 2.78. The van der Waals surface area contributed by atoms with Crippen LogP contribution in [0.5, 0.6) is 0 Å². The number of aromatic carboxylic acids is 1. The van der Waals surface area contributed by atoms with Gasteiger partial charge in [0.05, 0.1) is 16.3 Å². The Morgan fingerprint density at radius 2 is 2.24 bits per heavy atom. The van der Waals surface area contributed by atoms with Gasteiger partial charge in [-0.25, -0.2) is 9.78 Å². The molecule has 0 saturated carbocycles. The van der Waals surface area contributed by atoms with E-state index in [-0.39, 0.29) is 17.2 Å². The molecule has 0 aliphatic rings. The highest BCUT2D eigenvalue weighted by Crippen LogP contribution is 2.27. The molecular formula is C12H13N5O4. The lowest BCUT2D eigenvalue weighted by molar-refractivity contribution is -0.384. The van der Waals surface area contributed by atoms with Gasteiger partial charge < -0.3 is 10.4 Å². The van der Waals surface area contributed by atoms with Gasteiger partial charge in [-0.15, -0.1) is 0 Å². The van der Waals surface area contributed by atoms with Crippen LogP contribution in [0.1, 0.15) is 23.1 Å². The molecule has 2 aromatic rings. The molecule has 0 aliphatic carbocycles. The second kappa shape index (κ2) is 5.57. The molecule has 110 valence electrons. The average Bonchev–Trinajstić information content (AvgIpc) is 2.78. The van der Waals surface area contributed by atoms with Gasteiger partial charge in [0.2, 0.25) is 5.82 Å². The summed E-state index contributed by atoms with van der Waals surface area (Å²) in [6.07, 6.45) is 2.27. The number of aryl methyl sites for hydroxylation is 2. The number of hydrogen-bond acceptors (Lipinski definition) is 6. The summed E-state index contributed by atoms with van der Waals surface area (Å²) in [7, 11) is 1.72. The quantitative estimate of drug-likeness (QED) is 0.635. The molecule has 0 aromatic carbocycles. The van der Waals surface area contributed by atoms with E-state index in [0.717, 1.165) is 12.1 Å². The van der Waals surface area contributed by atoms with Crippen molar-refractivity contribution in [1.29, 1.82) is 0 Å². The van der Waals surface area contributed by atoms with E-state index >= 15 is 0 Å². The molecule has 2 N–H and O–H groups in total. The lowest BCUT2D eigenvalue weighted by Gasteiger charge is -2.06. The first-order valence-electron chi connectivity index (χ1n) is 6.10. The molecule has 0 unspecified atom stereocenters. The summed E-state index contributed by atoms with van der Waals surface area (Å²) in [6.45, 7) is 1.89. The fourth-order valence-corrected chi connectivity index (χ4v) is 1.84. The first-order chi connectivity index (χ1) is 9.92. The molecule has 2 heterocycles. The molecule has 0 fully saturated rings. The zero-order chi connectivity index (χ0) is 15.6. The van der Waals surface area contributed by atoms with Crippen LogP contribution in [0.3, 0.4) is 0 Å². The summed E-state index contributed by atoms with van der Waals surface area (Å²) in [5.41, 5.74) is 0.684. The SMILES string of the molecule is CCc1nn(C)cc1Nc1nc(C(=O)O)ccc1[N+](=O)[O-]. The van der Waals surface area contributed by atoms with Gasteiger partial charge in [0.15, 0.2) is 5.69 Å². The number of aromatic nitrogens is 3. The molecule has 0 spiro atoms. The Morgan fingerprint density at radius 3 is 2.81 bits per heavy atom. The van der Waals surface area contributed by atoms with Crippen molar-refractivity contribution in [3.05, 3.63) is 39.8 Å². The van der Waals surface area contributed by atoms with E-state index in [1.165, 1.54) is 0 Å². The second-order valence-corrected chi connectivity index (χ2v) is 4.27. The van der Waals surface area contributed by atoms with E-state index in [2.05, 4.69) is 15.4 Å². The summed E-state index contributed by atoms with van der Waals surface area (Å²) in [6, 6.07) is 2.20. The van der Waals surface area contributed by atoms with Crippen molar-refractivity contribution in [1.82, 2.24) is 14.8 Å². The molecule has 0 radical (unpaired) electrons. The molecule has 9 heteroatoms. The van der Waals surface area contributed by atoms with Crippen molar-refractivity contribution in [3.8, 4) is 0 Å². The molecule has 0 aliphatic heterocycles. The van der Waals surface area contributed by atoms with E-state index in [4.69, 9.17) is 5.11 Å². The van der Waals surface area contributed by atoms with Gasteiger partial charge in [-0.2, -0.15) is 5.10 Å². The molecular weight excluding hydrogens is 278 g/mol. The Bertz CT molecular complexity index is 710. The predicted octanol–water partition coefficient (Wildman–Crippen LogP) is 1.73. The minimum Gasteiger partial charge on any atom is -0.477 e. The van der Waals surface area contributed by atoms with Crippen LogP contribution in [0, 0.1) is 10.1 Å². The van der Waals surface area contributed by atoms with Gasteiger partial charge in [0, 0.05) is 19.3 Å². The number of pyridine rings is 1. The highest BCUT2D eigenvalue weighted by atomic mass is 16.6. The lowest BCUT2D eigenvalue weighted by Crippen LogP contribution is -2.06. The monoisotopic (exact) mass is 291 g/mol. The van der Waals surface area contributed by atoms with Crippen molar-refractivity contribution < 1.29 is 14.8 Å². The van der Waals surface area contributed by atoms with Crippen molar-refractivity contribution in [3.63, 3.8) is 0 Å². The maximum Gasteiger partial charge on any atom is 0.354 e. The Kier molecular flexibility index (Phi) is 3.83. The Hall–Kier alpha value is -2.97. The number of hydrogen-bond donors (Lipinski definition) is 2. The van der Waals surface area contributed by atoms with Crippen LogP contribution in [0.4, 0.5) is 17.2 Å². The minimum absolute atomic E-state index is 0.123. The van der Waals surface area contributed by atoms with Crippen LogP contribution in [0.2, 0.25) is 0 Å². The molecule has 2 rings (SSSR count). The van der Waals surface area contributed by atoms with Crippen molar-refractivity contribution in [2.24, 2.45) is 7.05 Å². The standard InChI is InChI=1S/C12H13N5O4/c1-3-7-9(6-16(2)15-7)14-11-10(17(20)21)5-4-8(13-11)12(18)19/h4-6H,3H2,1-2H3,(H,13,14)(H,18,19). The van der Waals surface area contributed by atoms with E-state index in [1.807, 2.05) is 6.92 Å². The van der Waals surface area contributed by atoms with E-state index in [0.29, 0.717) is 17.8 Å². The van der Waals surface area contributed by atoms with Gasteiger partial charge in [0.1, 0.15) is 0 Å². The van der Waals surface area contributed by atoms with Gasteiger partial charge in [-0.1, -0.05) is 6.92 Å². The summed E-state index contributed by atoms with van der Waals surface area (Å²) in [4.78, 5) is 25.1. The first-order valence-corrected chi connectivity index (χ1v) is 6.10. The lowest BCUT2D eigenvalue weighted by atomic mass is 10.2. The van der Waals surface area contributed by atoms with Crippen LogP contribution in [0.25, 0.3) is 0 Å². The Morgan fingerprint density at radius 1 is 1.52 bits per heavy atom. The van der Waals surface area contributed by atoms with Crippen LogP contribution in [-0.2, 0) is 13.5 Å². The number of carbonyl (C=O) groups is 1. The summed E-state index contributed by atoms with van der Waals surface area (Å²) in [5.74, 6) is -1.38. The van der Waals surface area contributed by atoms with Crippen molar-refractivity contribution >= 4 is 23.2 Å². The van der Waals surface area contributed by atoms with Crippen LogP contribution in [-0.4, -0.2) is 30.8 Å². The summed E-state index contributed by atoms with van der Waals surface area (Å²) < 4.78 is 1.56. The maximum atomic E-state index is 11.0. The smallest absolute Gasteiger partial charge is 0.354 e. The first kappa shape index (κ1) is 14.4. The number of nitro groups is 1. The fourth-order valence-electron chi connectivity index (χ4n) is 1.84. The third-order valence-corrected chi connectivity index (χ3v) is 2.78. The zero-order valence-corrected chi connectivity index (χ0v) is 11.4. The third kappa shape index (κ3) is 2.96. The van der Waals surface area contributed by atoms with Crippen molar-refractivity contribution in [2.45, 2.75) is 13.3 Å². The number of rotatable bonds is 5. The normalized spacial score (nSPS) is 10.4. The van der Waals surface area contributed by atoms with Gasteiger partial charge >= 0.3 is 11.7 Å². The maximum absolute atomic E-state index is 11.0. The van der Waals surface area contributed by atoms with Crippen LogP contribution in [0.15, 0.2) is 18.3 Å². The topological polar surface area (TPSA) is 123 Å². The molecule has 9 nitrogen and oxygen atoms in total. The van der Waals surface area contributed by atoms with E-state index < -0.39 is 10.9 Å². The van der Waals surface area contributed by atoms with Gasteiger partial charge in [-0.3, -0.25) is 14.8 Å². The molecule has 0 atom stereocenters. The predicted molar refractivity (Wildman–Crippen MR) is 73.7 cm³/mol. The molecule has 21 heavy (non-hydrogen) atoms. The summed E-state index contributed by atoms with van der Waals surface area (Å²) in [5, 5.41) is 26.9. The van der Waals surface area contributed by atoms with E-state index in [1.54, 1.807) is 17.9 Å². The van der Waals surface area contributed by atoms with Crippen LogP contribution >= 0.6 is 0 Å². The van der Waals surface area contributed by atoms with Gasteiger partial charge in [0.25, 0.3) is 0 Å². The number of anilines is 2. The second-order valence-electron chi connectivity index (χ2n) is 4.27. The van der Waals surface area contributed by atoms with Gasteiger partial charge in [-0.05, 0) is 12.5 Å². The molecule has 0 amide bonds. The highest BCUT2D eigenvalue weighted by Gasteiger charge is 2.20. The molecule has 0 saturated heterocycles. The largest absolute Gasteiger partial charge is 0.477 e. The van der Waals surface area contributed by atoms with E-state index in [9.17, 15) is 14.9 Å². The van der Waals surface area contributed by atoms with Crippen LogP contribution < -0.4 is 5.32 Å². The highest BCUT2D eigenvalue weighted by molar-refractivity contribution is 5.86. The number of carboxylic acids is 1. The molecule has 0 bridgehead atoms. The summed E-state index contributed by atoms with van der Waals surface area (Å²) >= 11 is 0. The fraction of sp³-hybridized carbons (Fsp3) is 0.250. The minimum atomic E-state index is -1.25. The zero-order valence-electron chi connectivity index (χ0n) is 11.4. The average molecular weight is 291 g/mol. The number of nitrogens with zero attached hydrogens (tertiary/aromatic N) is 4. The number of nitrogens with one attached hydrogen (secondary N) is 1. The Balaban J connectivity index is 2.47. The number of carboxylic acid groups (broad SMARTS) is 1.